The summed E-state index contributed by atoms with van der Waals surface area (Å²) in [6.07, 6.45) is 1.25. The minimum Gasteiger partial charge on any atom is -0.465 e. The number of carbonyl (C=O) groups is 1. The van der Waals surface area contributed by atoms with Gasteiger partial charge in [0.25, 0.3) is 0 Å². The van der Waals surface area contributed by atoms with Crippen LogP contribution in [0.3, 0.4) is 0 Å². The molecule has 1 rings (SSSR count). The number of hydrogen-bond donors (Lipinski definition) is 1. The van der Waals surface area contributed by atoms with Gasteiger partial charge in [-0.3, -0.25) is 4.79 Å². The quantitative estimate of drug-likeness (QED) is 0.664. The van der Waals surface area contributed by atoms with E-state index in [1.54, 1.807) is 0 Å². The van der Waals surface area contributed by atoms with Gasteiger partial charge in [-0.15, -0.1) is 0 Å². The van der Waals surface area contributed by atoms with Crippen LogP contribution >= 0.6 is 15.9 Å². The first-order valence-electron chi connectivity index (χ1n) is 5.38. The van der Waals surface area contributed by atoms with E-state index in [0.717, 1.165) is 6.20 Å². The van der Waals surface area contributed by atoms with Crippen molar-refractivity contribution in [2.75, 3.05) is 6.61 Å². The highest BCUT2D eigenvalue weighted by molar-refractivity contribution is 9.10. The summed E-state index contributed by atoms with van der Waals surface area (Å²) in [6, 6.07) is -1.10. The predicted octanol–water partition coefficient (Wildman–Crippen LogP) is 1.95. The summed E-state index contributed by atoms with van der Waals surface area (Å²) in [4.78, 5) is 14.8. The van der Waals surface area contributed by atoms with Crippen molar-refractivity contribution < 1.29 is 18.3 Å². The molecule has 0 aliphatic carbocycles. The molecule has 0 saturated carbocycles. The Morgan fingerprint density at radius 2 is 2.28 bits per heavy atom. The van der Waals surface area contributed by atoms with Crippen LogP contribution in [0.5, 0.6) is 0 Å². The number of ether oxygens (including phenoxy) is 1. The number of aromatic nitrogens is 1. The van der Waals surface area contributed by atoms with Gasteiger partial charge in [-0.25, -0.2) is 13.8 Å². The number of pyridine rings is 1. The molecule has 0 saturated heterocycles. The summed E-state index contributed by atoms with van der Waals surface area (Å²) in [5.41, 5.74) is 5.25. The lowest BCUT2D eigenvalue weighted by atomic mass is 10.1. The lowest BCUT2D eigenvalue weighted by Gasteiger charge is -2.12. The molecule has 0 aliphatic rings. The van der Waals surface area contributed by atoms with Gasteiger partial charge in [0.1, 0.15) is 16.5 Å². The Kier molecular flexibility index (Phi) is 5.61. The van der Waals surface area contributed by atoms with Crippen molar-refractivity contribution in [2.24, 2.45) is 5.73 Å². The lowest BCUT2D eigenvalue weighted by Crippen LogP contribution is -2.35. The summed E-state index contributed by atoms with van der Waals surface area (Å²) in [5, 5.41) is 0. The first-order valence-corrected chi connectivity index (χ1v) is 6.17. The summed E-state index contributed by atoms with van der Waals surface area (Å²) in [5.74, 6) is -2.37. The molecule has 4 nitrogen and oxygen atoms in total. The SMILES string of the molecule is CCCOC(=O)C(N)Cc1c(F)cnc(Br)c1F. The molecule has 100 valence electrons. The van der Waals surface area contributed by atoms with E-state index in [2.05, 4.69) is 20.9 Å². The molecular weight excluding hydrogens is 310 g/mol. The standard InChI is InChI=1S/C11H13BrF2N2O2/c1-2-3-18-11(17)8(15)4-6-7(13)5-16-10(12)9(6)14/h5,8H,2-4,15H2,1H3. The van der Waals surface area contributed by atoms with Crippen LogP contribution in [0.2, 0.25) is 0 Å². The van der Waals surface area contributed by atoms with Gasteiger partial charge in [-0.05, 0) is 22.4 Å². The molecule has 0 amide bonds. The number of esters is 1. The van der Waals surface area contributed by atoms with Crippen molar-refractivity contribution >= 4 is 21.9 Å². The van der Waals surface area contributed by atoms with Crippen molar-refractivity contribution in [3.63, 3.8) is 0 Å². The minimum absolute atomic E-state index is 0.118. The Bertz CT molecular complexity index is 443. The van der Waals surface area contributed by atoms with Gasteiger partial charge in [0.15, 0.2) is 5.82 Å². The van der Waals surface area contributed by atoms with Gasteiger partial charge in [-0.2, -0.15) is 0 Å². The molecule has 0 aromatic carbocycles. The molecule has 1 unspecified atom stereocenters. The van der Waals surface area contributed by atoms with E-state index in [4.69, 9.17) is 10.5 Å². The van der Waals surface area contributed by atoms with E-state index in [1.165, 1.54) is 0 Å². The van der Waals surface area contributed by atoms with Gasteiger partial charge < -0.3 is 10.5 Å². The third-order valence-corrected chi connectivity index (χ3v) is 2.75. The second-order valence-corrected chi connectivity index (χ2v) is 4.42. The molecule has 0 fully saturated rings. The number of rotatable bonds is 5. The minimum atomic E-state index is -1.10. The van der Waals surface area contributed by atoms with Gasteiger partial charge in [0.2, 0.25) is 0 Å². The van der Waals surface area contributed by atoms with Crippen molar-refractivity contribution in [2.45, 2.75) is 25.8 Å². The molecule has 18 heavy (non-hydrogen) atoms. The van der Waals surface area contributed by atoms with Crippen LogP contribution < -0.4 is 5.73 Å². The van der Waals surface area contributed by atoms with Gasteiger partial charge in [0, 0.05) is 12.0 Å². The van der Waals surface area contributed by atoms with Crippen LogP contribution in [0, 0.1) is 11.6 Å². The third kappa shape index (κ3) is 3.71. The summed E-state index contributed by atoms with van der Waals surface area (Å²) < 4.78 is 31.6. The Morgan fingerprint density at radius 3 is 2.89 bits per heavy atom. The number of halogens is 3. The number of nitrogens with zero attached hydrogens (tertiary/aromatic N) is 1. The number of carbonyl (C=O) groups excluding carboxylic acids is 1. The smallest absolute Gasteiger partial charge is 0.323 e. The summed E-state index contributed by atoms with van der Waals surface area (Å²) in [7, 11) is 0. The Labute approximate surface area is 112 Å². The normalized spacial score (nSPS) is 12.3. The van der Waals surface area contributed by atoms with Gasteiger partial charge in [0.05, 0.1) is 12.8 Å². The molecule has 7 heteroatoms. The van der Waals surface area contributed by atoms with Crippen molar-refractivity contribution in [3.05, 3.63) is 28.0 Å². The fourth-order valence-electron chi connectivity index (χ4n) is 1.28. The number of nitrogens with two attached hydrogens (primary N) is 1. The Balaban J connectivity index is 2.78. The molecule has 2 N–H and O–H groups in total. The molecule has 1 heterocycles. The highest BCUT2D eigenvalue weighted by atomic mass is 79.9. The van der Waals surface area contributed by atoms with E-state index >= 15 is 0 Å². The number of hydrogen-bond acceptors (Lipinski definition) is 4. The zero-order valence-electron chi connectivity index (χ0n) is 9.75. The molecule has 0 spiro atoms. The molecule has 0 aliphatic heterocycles. The van der Waals surface area contributed by atoms with Crippen LogP contribution in [-0.4, -0.2) is 23.6 Å². The van der Waals surface area contributed by atoms with Crippen LogP contribution in [-0.2, 0) is 16.0 Å². The van der Waals surface area contributed by atoms with E-state index in [0.29, 0.717) is 6.42 Å². The zero-order chi connectivity index (χ0) is 13.7. The zero-order valence-corrected chi connectivity index (χ0v) is 11.3. The fourth-order valence-corrected chi connectivity index (χ4v) is 1.62. The van der Waals surface area contributed by atoms with E-state index in [9.17, 15) is 13.6 Å². The van der Waals surface area contributed by atoms with Crippen LogP contribution in [0.1, 0.15) is 18.9 Å². The molecular formula is C11H13BrF2N2O2. The first kappa shape index (κ1) is 15.0. The summed E-state index contributed by atoms with van der Waals surface area (Å²) in [6.45, 7) is 2.07. The largest absolute Gasteiger partial charge is 0.465 e. The molecule has 1 atom stereocenters. The maximum atomic E-state index is 13.6. The fraction of sp³-hybridized carbons (Fsp3) is 0.455. The Morgan fingerprint density at radius 1 is 1.61 bits per heavy atom. The van der Waals surface area contributed by atoms with Crippen molar-refractivity contribution in [1.82, 2.24) is 4.98 Å². The summed E-state index contributed by atoms with van der Waals surface area (Å²) >= 11 is 2.84. The van der Waals surface area contributed by atoms with Crippen molar-refractivity contribution in [1.29, 1.82) is 0 Å². The van der Waals surface area contributed by atoms with E-state index < -0.39 is 23.6 Å². The highest BCUT2D eigenvalue weighted by Crippen LogP contribution is 2.20. The second-order valence-electron chi connectivity index (χ2n) is 3.67. The average Bonchev–Trinajstić information content (AvgIpc) is 2.36. The third-order valence-electron chi connectivity index (χ3n) is 2.20. The highest BCUT2D eigenvalue weighted by Gasteiger charge is 2.21. The van der Waals surface area contributed by atoms with Crippen LogP contribution in [0.25, 0.3) is 0 Å². The molecule has 1 aromatic heterocycles. The van der Waals surface area contributed by atoms with Crippen LogP contribution in [0.4, 0.5) is 8.78 Å². The van der Waals surface area contributed by atoms with Crippen LogP contribution in [0.15, 0.2) is 10.8 Å². The lowest BCUT2D eigenvalue weighted by molar-refractivity contribution is -0.145. The Hall–Kier alpha value is -1.08. The molecule has 1 aromatic rings. The van der Waals surface area contributed by atoms with E-state index in [1.807, 2.05) is 6.92 Å². The van der Waals surface area contributed by atoms with E-state index in [-0.39, 0.29) is 23.2 Å². The molecule has 0 bridgehead atoms. The average molecular weight is 323 g/mol. The predicted molar refractivity (Wildman–Crippen MR) is 64.8 cm³/mol. The van der Waals surface area contributed by atoms with Crippen molar-refractivity contribution in [3.8, 4) is 0 Å². The monoisotopic (exact) mass is 322 g/mol. The maximum Gasteiger partial charge on any atom is 0.323 e. The first-order chi connectivity index (χ1) is 8.47. The maximum absolute atomic E-state index is 13.6. The second kappa shape index (κ2) is 6.75. The topological polar surface area (TPSA) is 65.2 Å². The van der Waals surface area contributed by atoms with Gasteiger partial charge >= 0.3 is 5.97 Å². The van der Waals surface area contributed by atoms with Gasteiger partial charge in [-0.1, -0.05) is 6.92 Å². The molecule has 0 radical (unpaired) electrons.